The van der Waals surface area contributed by atoms with Crippen LogP contribution in [0.25, 0.3) is 0 Å². The molecule has 0 saturated heterocycles. The highest BCUT2D eigenvalue weighted by Gasteiger charge is 2.04. The van der Waals surface area contributed by atoms with Crippen LogP contribution in [0.4, 0.5) is 5.69 Å². The molecule has 0 aliphatic rings. The van der Waals surface area contributed by atoms with Gasteiger partial charge in [0.05, 0.1) is 13.0 Å². The minimum atomic E-state index is -0.194. The number of hydrogen-bond donors (Lipinski definition) is 1. The molecule has 3 heteroatoms. The third-order valence-corrected chi connectivity index (χ3v) is 3.27. The molecule has 110 valence electrons. The summed E-state index contributed by atoms with van der Waals surface area (Å²) in [6, 6.07) is 17.7. The van der Waals surface area contributed by atoms with Crippen LogP contribution in [0.2, 0.25) is 0 Å². The first-order valence-electron chi connectivity index (χ1n) is 7.28. The Hall–Kier alpha value is -2.29. The van der Waals surface area contributed by atoms with Crippen LogP contribution in [-0.4, -0.2) is 12.6 Å². The molecule has 0 atom stereocenters. The summed E-state index contributed by atoms with van der Waals surface area (Å²) in [5, 5.41) is 0. The maximum atomic E-state index is 11.7. The lowest BCUT2D eigenvalue weighted by molar-refractivity contribution is -0.142. The second kappa shape index (κ2) is 8.10. The van der Waals surface area contributed by atoms with E-state index in [0.29, 0.717) is 12.3 Å². The molecule has 0 aromatic heterocycles. The van der Waals surface area contributed by atoms with Gasteiger partial charge in [-0.2, -0.15) is 0 Å². The number of unbranched alkanes of at least 4 members (excludes halogenated alkanes) is 1. The van der Waals surface area contributed by atoms with Crippen LogP contribution in [0.1, 0.15) is 24.0 Å². The van der Waals surface area contributed by atoms with Gasteiger partial charge in [0.25, 0.3) is 0 Å². The Bertz CT molecular complexity index is 566. The lowest BCUT2D eigenvalue weighted by atomic mass is 10.1. The number of nitrogen functional groups attached to an aromatic ring is 1. The average molecular weight is 283 g/mol. The van der Waals surface area contributed by atoms with Gasteiger partial charge in [-0.1, -0.05) is 42.5 Å². The number of carbonyl (C=O) groups excluding carboxylic acids is 1. The highest BCUT2D eigenvalue weighted by molar-refractivity contribution is 5.72. The van der Waals surface area contributed by atoms with Crippen LogP contribution in [0.15, 0.2) is 54.6 Å². The zero-order valence-electron chi connectivity index (χ0n) is 12.1. The second-order valence-corrected chi connectivity index (χ2v) is 5.08. The van der Waals surface area contributed by atoms with Gasteiger partial charge >= 0.3 is 5.97 Å². The van der Waals surface area contributed by atoms with Gasteiger partial charge in [0, 0.05) is 5.69 Å². The van der Waals surface area contributed by atoms with Crippen molar-refractivity contribution >= 4 is 11.7 Å². The minimum Gasteiger partial charge on any atom is -0.465 e. The number of nitrogens with two attached hydrogens (primary N) is 1. The number of esters is 1. The molecule has 0 bridgehead atoms. The molecule has 21 heavy (non-hydrogen) atoms. The summed E-state index contributed by atoms with van der Waals surface area (Å²) in [5.41, 5.74) is 8.56. The topological polar surface area (TPSA) is 52.3 Å². The number of benzene rings is 2. The van der Waals surface area contributed by atoms with Gasteiger partial charge in [-0.3, -0.25) is 4.79 Å². The Kier molecular flexibility index (Phi) is 5.83. The predicted molar refractivity (Wildman–Crippen MR) is 84.9 cm³/mol. The van der Waals surface area contributed by atoms with E-state index >= 15 is 0 Å². The largest absolute Gasteiger partial charge is 0.465 e. The van der Waals surface area contributed by atoms with Crippen molar-refractivity contribution in [2.45, 2.75) is 25.7 Å². The SMILES string of the molecule is Nc1cccc(CC(=O)OCCCCc2ccccc2)c1. The Morgan fingerprint density at radius 1 is 0.952 bits per heavy atom. The lowest BCUT2D eigenvalue weighted by Gasteiger charge is -2.06. The van der Waals surface area contributed by atoms with E-state index in [1.54, 1.807) is 12.1 Å². The van der Waals surface area contributed by atoms with Crippen LogP contribution >= 0.6 is 0 Å². The van der Waals surface area contributed by atoms with Crippen LogP contribution in [0.5, 0.6) is 0 Å². The number of carbonyl (C=O) groups is 1. The van der Waals surface area contributed by atoms with Gasteiger partial charge in [-0.25, -0.2) is 0 Å². The fourth-order valence-corrected chi connectivity index (χ4v) is 2.18. The van der Waals surface area contributed by atoms with Gasteiger partial charge < -0.3 is 10.5 Å². The summed E-state index contributed by atoms with van der Waals surface area (Å²) in [5.74, 6) is -0.194. The molecule has 2 aromatic rings. The number of anilines is 1. The van der Waals surface area contributed by atoms with E-state index in [2.05, 4.69) is 12.1 Å². The van der Waals surface area contributed by atoms with E-state index < -0.39 is 0 Å². The van der Waals surface area contributed by atoms with E-state index in [4.69, 9.17) is 10.5 Å². The summed E-state index contributed by atoms with van der Waals surface area (Å²) in [4.78, 5) is 11.7. The molecule has 2 rings (SSSR count). The zero-order valence-corrected chi connectivity index (χ0v) is 12.1. The van der Waals surface area contributed by atoms with Crippen molar-refractivity contribution < 1.29 is 9.53 Å². The zero-order chi connectivity index (χ0) is 14.9. The van der Waals surface area contributed by atoms with Gasteiger partial charge in [-0.05, 0) is 42.5 Å². The maximum Gasteiger partial charge on any atom is 0.310 e. The molecule has 0 spiro atoms. The van der Waals surface area contributed by atoms with Crippen molar-refractivity contribution in [2.75, 3.05) is 12.3 Å². The fourth-order valence-electron chi connectivity index (χ4n) is 2.18. The van der Waals surface area contributed by atoms with Gasteiger partial charge in [0.15, 0.2) is 0 Å². The Morgan fingerprint density at radius 2 is 1.71 bits per heavy atom. The Balaban J connectivity index is 1.61. The molecular formula is C18H21NO2. The van der Waals surface area contributed by atoms with E-state index in [9.17, 15) is 4.79 Å². The van der Waals surface area contributed by atoms with Crippen molar-refractivity contribution in [1.29, 1.82) is 0 Å². The highest BCUT2D eigenvalue weighted by Crippen LogP contribution is 2.08. The number of ether oxygens (including phenoxy) is 1. The summed E-state index contributed by atoms with van der Waals surface area (Å²) < 4.78 is 5.24. The van der Waals surface area contributed by atoms with Crippen molar-refractivity contribution in [1.82, 2.24) is 0 Å². The Labute approximate surface area is 125 Å². The lowest BCUT2D eigenvalue weighted by Crippen LogP contribution is -2.09. The summed E-state index contributed by atoms with van der Waals surface area (Å²) >= 11 is 0. The van der Waals surface area contributed by atoms with E-state index in [1.807, 2.05) is 30.3 Å². The molecule has 3 nitrogen and oxygen atoms in total. The van der Waals surface area contributed by atoms with Gasteiger partial charge in [0.2, 0.25) is 0 Å². The molecule has 0 amide bonds. The number of hydrogen-bond acceptors (Lipinski definition) is 3. The quantitative estimate of drug-likeness (QED) is 0.481. The van der Waals surface area contributed by atoms with Crippen LogP contribution in [-0.2, 0) is 22.4 Å². The summed E-state index contributed by atoms with van der Waals surface area (Å²) in [6.07, 6.45) is 3.21. The molecule has 0 aliphatic heterocycles. The van der Waals surface area contributed by atoms with Crippen LogP contribution in [0.3, 0.4) is 0 Å². The molecule has 2 aromatic carbocycles. The third-order valence-electron chi connectivity index (χ3n) is 3.27. The standard InChI is InChI=1S/C18H21NO2/c19-17-11-6-10-16(13-17)14-18(20)21-12-5-4-9-15-7-2-1-3-8-15/h1-3,6-8,10-11,13H,4-5,9,12,14,19H2. The van der Waals surface area contributed by atoms with Crippen molar-refractivity contribution in [3.8, 4) is 0 Å². The fraction of sp³-hybridized carbons (Fsp3) is 0.278. The maximum absolute atomic E-state index is 11.7. The molecule has 0 saturated carbocycles. The average Bonchev–Trinajstić information content (AvgIpc) is 2.48. The Morgan fingerprint density at radius 3 is 2.48 bits per heavy atom. The summed E-state index contributed by atoms with van der Waals surface area (Å²) in [6.45, 7) is 0.480. The molecule has 0 unspecified atom stereocenters. The van der Waals surface area contributed by atoms with Gasteiger partial charge in [0.1, 0.15) is 0 Å². The summed E-state index contributed by atoms with van der Waals surface area (Å²) in [7, 11) is 0. The smallest absolute Gasteiger partial charge is 0.310 e. The highest BCUT2D eigenvalue weighted by atomic mass is 16.5. The number of aryl methyl sites for hydroxylation is 1. The van der Waals surface area contributed by atoms with E-state index in [0.717, 1.165) is 24.8 Å². The first-order valence-corrected chi connectivity index (χ1v) is 7.28. The molecule has 2 N–H and O–H groups in total. The molecule has 0 fully saturated rings. The first kappa shape index (κ1) is 15.1. The van der Waals surface area contributed by atoms with Crippen molar-refractivity contribution in [2.24, 2.45) is 0 Å². The van der Waals surface area contributed by atoms with E-state index in [-0.39, 0.29) is 12.4 Å². The molecule has 0 heterocycles. The normalized spacial score (nSPS) is 10.3. The van der Waals surface area contributed by atoms with E-state index in [1.165, 1.54) is 5.56 Å². The van der Waals surface area contributed by atoms with Crippen molar-refractivity contribution in [3.05, 3.63) is 65.7 Å². The molecule has 0 radical (unpaired) electrons. The van der Waals surface area contributed by atoms with Crippen LogP contribution in [0, 0.1) is 0 Å². The van der Waals surface area contributed by atoms with Crippen LogP contribution < -0.4 is 5.73 Å². The molecule has 0 aliphatic carbocycles. The molecular weight excluding hydrogens is 262 g/mol. The third kappa shape index (κ3) is 5.69. The van der Waals surface area contributed by atoms with Gasteiger partial charge in [-0.15, -0.1) is 0 Å². The minimum absolute atomic E-state index is 0.194. The predicted octanol–water partition coefficient (Wildman–Crippen LogP) is 3.38. The number of rotatable bonds is 7. The second-order valence-electron chi connectivity index (χ2n) is 5.08. The first-order chi connectivity index (χ1) is 10.2. The monoisotopic (exact) mass is 283 g/mol. The van der Waals surface area contributed by atoms with Crippen molar-refractivity contribution in [3.63, 3.8) is 0 Å².